The molecule has 1 saturated heterocycles. The van der Waals surface area contributed by atoms with Crippen molar-refractivity contribution in [3.8, 4) is 5.75 Å². The second-order valence-corrected chi connectivity index (χ2v) is 7.15. The first-order valence-corrected chi connectivity index (χ1v) is 9.51. The van der Waals surface area contributed by atoms with Gasteiger partial charge in [-0.3, -0.25) is 4.79 Å². The molecule has 1 amide bonds. The fraction of sp³-hybridized carbons (Fsp3) is 0.333. The first-order chi connectivity index (χ1) is 13.0. The number of hydrogen-bond donors (Lipinski definition) is 2. The summed E-state index contributed by atoms with van der Waals surface area (Å²) in [6.07, 6.45) is 1.56. The highest BCUT2D eigenvalue weighted by molar-refractivity contribution is 7.80. The van der Waals surface area contributed by atoms with Crippen molar-refractivity contribution in [2.24, 2.45) is 0 Å². The Labute approximate surface area is 165 Å². The summed E-state index contributed by atoms with van der Waals surface area (Å²) in [6, 6.07) is 13.9. The molecule has 0 saturated carbocycles. The number of aryl methyl sites for hydroxylation is 1. The molecular weight excluding hydrogens is 358 g/mol. The zero-order valence-electron chi connectivity index (χ0n) is 15.9. The number of methoxy groups -OCH3 is 1. The molecule has 0 unspecified atom stereocenters. The third-order valence-electron chi connectivity index (χ3n) is 4.78. The van der Waals surface area contributed by atoms with Gasteiger partial charge in [-0.15, -0.1) is 0 Å². The molecule has 1 aliphatic rings. The highest BCUT2D eigenvalue weighted by atomic mass is 32.1. The van der Waals surface area contributed by atoms with Crippen molar-refractivity contribution in [3.05, 3.63) is 53.6 Å². The number of ether oxygens (including phenoxy) is 1. The van der Waals surface area contributed by atoms with E-state index in [9.17, 15) is 4.79 Å². The van der Waals surface area contributed by atoms with Gasteiger partial charge in [0, 0.05) is 24.3 Å². The molecule has 0 spiro atoms. The largest absolute Gasteiger partial charge is 0.497 e. The van der Waals surface area contributed by atoms with Gasteiger partial charge in [0.25, 0.3) is 0 Å². The van der Waals surface area contributed by atoms with Crippen LogP contribution in [0.15, 0.2) is 42.5 Å². The van der Waals surface area contributed by atoms with Crippen molar-refractivity contribution in [1.29, 1.82) is 0 Å². The molecule has 27 heavy (non-hydrogen) atoms. The molecule has 0 aromatic heterocycles. The number of carbonyl (C=O) groups excluding carboxylic acids is 1. The van der Waals surface area contributed by atoms with Gasteiger partial charge < -0.3 is 20.3 Å². The first kappa shape index (κ1) is 19.2. The second-order valence-electron chi connectivity index (χ2n) is 6.74. The minimum absolute atomic E-state index is 0.0681. The topological polar surface area (TPSA) is 53.6 Å². The first-order valence-electron chi connectivity index (χ1n) is 9.10. The van der Waals surface area contributed by atoms with Crippen LogP contribution in [0.1, 0.15) is 36.9 Å². The molecule has 1 heterocycles. The number of anilines is 2. The molecular formula is C21H25N3O2S. The van der Waals surface area contributed by atoms with E-state index in [2.05, 4.69) is 17.6 Å². The van der Waals surface area contributed by atoms with Crippen molar-refractivity contribution < 1.29 is 9.53 Å². The molecule has 1 aliphatic heterocycles. The van der Waals surface area contributed by atoms with Gasteiger partial charge in [-0.1, -0.05) is 12.1 Å². The monoisotopic (exact) mass is 383 g/mol. The minimum atomic E-state index is 0.0681. The number of rotatable bonds is 5. The van der Waals surface area contributed by atoms with E-state index in [0.29, 0.717) is 11.5 Å². The Morgan fingerprint density at radius 2 is 1.96 bits per heavy atom. The third kappa shape index (κ3) is 4.57. The van der Waals surface area contributed by atoms with Crippen LogP contribution in [0.3, 0.4) is 0 Å². The number of thiocarbonyl (C=S) groups is 1. The SMILES string of the molecule is COc1ccc([C@@H](C)NC(=S)Nc2ccc(N3CCCC3=O)c(C)c2)cc1. The summed E-state index contributed by atoms with van der Waals surface area (Å²) in [5, 5.41) is 7.08. The Morgan fingerprint density at radius 1 is 1.22 bits per heavy atom. The maximum atomic E-state index is 12.0. The van der Waals surface area contributed by atoms with Crippen LogP contribution in [-0.2, 0) is 4.79 Å². The molecule has 0 aliphatic carbocycles. The quantitative estimate of drug-likeness (QED) is 0.759. The maximum Gasteiger partial charge on any atom is 0.227 e. The van der Waals surface area contributed by atoms with Crippen LogP contribution in [0.5, 0.6) is 5.75 Å². The predicted octanol–water partition coefficient (Wildman–Crippen LogP) is 4.18. The number of carbonyl (C=O) groups is 1. The average molecular weight is 384 g/mol. The van der Waals surface area contributed by atoms with Crippen molar-refractivity contribution in [3.63, 3.8) is 0 Å². The highest BCUT2D eigenvalue weighted by Crippen LogP contribution is 2.27. The van der Waals surface area contributed by atoms with Gasteiger partial charge in [0.05, 0.1) is 13.2 Å². The van der Waals surface area contributed by atoms with Crippen molar-refractivity contribution >= 4 is 34.6 Å². The van der Waals surface area contributed by atoms with E-state index < -0.39 is 0 Å². The van der Waals surface area contributed by atoms with E-state index in [0.717, 1.165) is 41.2 Å². The summed E-state index contributed by atoms with van der Waals surface area (Å²) in [5.74, 6) is 1.03. The summed E-state index contributed by atoms with van der Waals surface area (Å²) < 4.78 is 5.19. The average Bonchev–Trinajstić information content (AvgIpc) is 3.07. The van der Waals surface area contributed by atoms with E-state index in [1.807, 2.05) is 54.3 Å². The summed E-state index contributed by atoms with van der Waals surface area (Å²) in [5.41, 5.74) is 4.07. The number of amides is 1. The van der Waals surface area contributed by atoms with E-state index in [1.54, 1.807) is 7.11 Å². The second kappa shape index (κ2) is 8.39. The zero-order valence-corrected chi connectivity index (χ0v) is 16.7. The molecule has 2 aromatic carbocycles. The molecule has 5 nitrogen and oxygen atoms in total. The van der Waals surface area contributed by atoms with Crippen LogP contribution in [0.4, 0.5) is 11.4 Å². The van der Waals surface area contributed by atoms with Gasteiger partial charge in [0.15, 0.2) is 5.11 Å². The molecule has 0 bridgehead atoms. The molecule has 6 heteroatoms. The lowest BCUT2D eigenvalue weighted by Gasteiger charge is -2.20. The zero-order chi connectivity index (χ0) is 19.4. The van der Waals surface area contributed by atoms with Crippen molar-refractivity contribution in [2.75, 3.05) is 23.9 Å². The molecule has 2 aromatic rings. The number of benzene rings is 2. The smallest absolute Gasteiger partial charge is 0.227 e. The molecule has 1 fully saturated rings. The van der Waals surface area contributed by atoms with Gasteiger partial charge in [-0.2, -0.15) is 0 Å². The molecule has 142 valence electrons. The van der Waals surface area contributed by atoms with Gasteiger partial charge in [-0.05, 0) is 73.9 Å². The lowest BCUT2D eigenvalue weighted by molar-refractivity contribution is -0.117. The number of hydrogen-bond acceptors (Lipinski definition) is 3. The summed E-state index contributed by atoms with van der Waals surface area (Å²) in [6.45, 7) is 4.87. The lowest BCUT2D eigenvalue weighted by Crippen LogP contribution is -2.31. The van der Waals surface area contributed by atoms with Crippen LogP contribution < -0.4 is 20.3 Å². The summed E-state index contributed by atoms with van der Waals surface area (Å²) >= 11 is 5.45. The van der Waals surface area contributed by atoms with Crippen molar-refractivity contribution in [1.82, 2.24) is 5.32 Å². The minimum Gasteiger partial charge on any atom is -0.497 e. The van der Waals surface area contributed by atoms with E-state index in [-0.39, 0.29) is 11.9 Å². The van der Waals surface area contributed by atoms with Gasteiger partial charge >= 0.3 is 0 Å². The Hall–Kier alpha value is -2.60. The Morgan fingerprint density at radius 3 is 2.56 bits per heavy atom. The maximum absolute atomic E-state index is 12.0. The normalized spacial score (nSPS) is 14.8. The van der Waals surface area contributed by atoms with Gasteiger partial charge in [-0.25, -0.2) is 0 Å². The standard InChI is InChI=1S/C21H25N3O2S/c1-14-13-17(8-11-19(14)24-12-4-5-20(24)25)23-21(27)22-15(2)16-6-9-18(26-3)10-7-16/h6-11,13,15H,4-5,12H2,1-3H3,(H2,22,23,27)/t15-/m1/s1. The van der Waals surface area contributed by atoms with Crippen LogP contribution in [-0.4, -0.2) is 24.7 Å². The molecule has 1 atom stereocenters. The fourth-order valence-electron chi connectivity index (χ4n) is 3.28. The Bertz CT molecular complexity index is 836. The molecule has 0 radical (unpaired) electrons. The molecule has 3 rings (SSSR count). The predicted molar refractivity (Wildman–Crippen MR) is 114 cm³/mol. The third-order valence-corrected chi connectivity index (χ3v) is 5.00. The van der Waals surface area contributed by atoms with Gasteiger partial charge in [0.2, 0.25) is 5.91 Å². The fourth-order valence-corrected chi connectivity index (χ4v) is 3.57. The number of nitrogens with zero attached hydrogens (tertiary/aromatic N) is 1. The van der Waals surface area contributed by atoms with Crippen molar-refractivity contribution in [2.45, 2.75) is 32.7 Å². The summed E-state index contributed by atoms with van der Waals surface area (Å²) in [7, 11) is 1.66. The lowest BCUT2D eigenvalue weighted by atomic mass is 10.1. The van der Waals surface area contributed by atoms with Crippen LogP contribution in [0.2, 0.25) is 0 Å². The van der Waals surface area contributed by atoms with Crippen LogP contribution in [0, 0.1) is 6.92 Å². The van der Waals surface area contributed by atoms with E-state index >= 15 is 0 Å². The Kier molecular flexibility index (Phi) is 5.96. The number of nitrogens with one attached hydrogen (secondary N) is 2. The van der Waals surface area contributed by atoms with Crippen LogP contribution >= 0.6 is 12.2 Å². The Balaban J connectivity index is 1.61. The van der Waals surface area contributed by atoms with Gasteiger partial charge in [0.1, 0.15) is 5.75 Å². The van der Waals surface area contributed by atoms with Crippen LogP contribution in [0.25, 0.3) is 0 Å². The highest BCUT2D eigenvalue weighted by Gasteiger charge is 2.23. The molecule has 2 N–H and O–H groups in total. The van der Waals surface area contributed by atoms with E-state index in [4.69, 9.17) is 17.0 Å². The summed E-state index contributed by atoms with van der Waals surface area (Å²) in [4.78, 5) is 13.8. The van der Waals surface area contributed by atoms with E-state index in [1.165, 1.54) is 0 Å².